The minimum Gasteiger partial charge on any atom is -0.204 e. The molecule has 7 heavy (non-hydrogen) atoms. The van der Waals surface area contributed by atoms with Crippen molar-refractivity contribution in [3.8, 4) is 0 Å². The van der Waals surface area contributed by atoms with Crippen molar-refractivity contribution in [2.24, 2.45) is 0 Å². The predicted molar refractivity (Wildman–Crippen MR) is 27.4 cm³/mol. The molecule has 0 amide bonds. The van der Waals surface area contributed by atoms with Gasteiger partial charge in [0.05, 0.1) is 0 Å². The van der Waals surface area contributed by atoms with Crippen LogP contribution in [-0.4, -0.2) is 12.9 Å². The van der Waals surface area contributed by atoms with Crippen LogP contribution in [-0.2, 0) is 0 Å². The molecule has 0 aromatic heterocycles. The number of halogens is 5. The van der Waals surface area contributed by atoms with Gasteiger partial charge in [0.15, 0.2) is 0 Å². The van der Waals surface area contributed by atoms with Crippen molar-refractivity contribution in [3.05, 3.63) is 0 Å². The highest BCUT2D eigenvalue weighted by Gasteiger charge is 2.15. The van der Waals surface area contributed by atoms with Gasteiger partial charge in [0.25, 0.3) is 12.9 Å². The fraction of sp³-hybridized carbons (Fsp3) is 1.00. The van der Waals surface area contributed by atoms with Crippen LogP contribution in [0.4, 0.5) is 17.6 Å². The maximum atomic E-state index is 10.4. The van der Waals surface area contributed by atoms with Crippen molar-refractivity contribution >= 4 is 24.0 Å². The number of rotatable bonds is 1. The Morgan fingerprint density at radius 2 is 0.857 bits per heavy atom. The first-order valence-corrected chi connectivity index (χ1v) is 1.21. The molecule has 0 saturated heterocycles. The van der Waals surface area contributed by atoms with Gasteiger partial charge in [-0.15, -0.1) is 24.0 Å². The first kappa shape index (κ1) is 10.4. The molecule has 0 saturated carbocycles. The summed E-state index contributed by atoms with van der Waals surface area (Å²) in [4.78, 5) is 0. The molecule has 0 aliphatic carbocycles. The largest absolute Gasteiger partial charge is 0.298 e. The van der Waals surface area contributed by atoms with Gasteiger partial charge in [0.1, 0.15) is 0 Å². The van der Waals surface area contributed by atoms with Gasteiger partial charge in [-0.2, -0.15) is 0 Å². The van der Waals surface area contributed by atoms with E-state index in [0.29, 0.717) is 0 Å². The zero-order valence-corrected chi connectivity index (χ0v) is 5.41. The Kier molecular flexibility index (Phi) is 6.86. The van der Waals surface area contributed by atoms with E-state index in [2.05, 4.69) is 0 Å². The summed E-state index contributed by atoms with van der Waals surface area (Å²) >= 11 is 0. The number of hydrogen-bond acceptors (Lipinski definition) is 0. The predicted octanol–water partition coefficient (Wildman–Crippen LogP) is 2.13. The summed E-state index contributed by atoms with van der Waals surface area (Å²) in [6.07, 6.45) is -6.96. The summed E-state index contributed by atoms with van der Waals surface area (Å²) in [5, 5.41) is 0. The van der Waals surface area contributed by atoms with Crippen LogP contribution in [0.2, 0.25) is 0 Å². The van der Waals surface area contributed by atoms with Crippen LogP contribution in [0.3, 0.4) is 0 Å². The average Bonchev–Trinajstić information content (AvgIpc) is 1.36. The first-order valence-electron chi connectivity index (χ1n) is 1.21. The van der Waals surface area contributed by atoms with Gasteiger partial charge < -0.3 is 0 Å². The van der Waals surface area contributed by atoms with Crippen molar-refractivity contribution in [2.75, 3.05) is 0 Å². The van der Waals surface area contributed by atoms with Gasteiger partial charge in [-0.1, -0.05) is 0 Å². The topological polar surface area (TPSA) is 0 Å². The fourth-order valence-corrected chi connectivity index (χ4v) is 0. The number of hydrogen-bond donors (Lipinski definition) is 0. The van der Waals surface area contributed by atoms with E-state index < -0.39 is 12.9 Å². The molecule has 0 nitrogen and oxygen atoms in total. The summed E-state index contributed by atoms with van der Waals surface area (Å²) in [5.41, 5.74) is 0. The minimum atomic E-state index is -3.48. The summed E-state index contributed by atoms with van der Waals surface area (Å²) in [5.74, 6) is 0. The molecule has 0 spiro atoms. The molecule has 0 aliphatic heterocycles. The van der Waals surface area contributed by atoms with E-state index in [1.54, 1.807) is 0 Å². The van der Waals surface area contributed by atoms with E-state index in [1.807, 2.05) is 0 Å². The molecular formula is C2H3F4I. The Balaban J connectivity index is 0. The fourth-order valence-electron chi connectivity index (χ4n) is 0. The maximum absolute atomic E-state index is 10.4. The zero-order valence-electron chi connectivity index (χ0n) is 3.07. The molecular weight excluding hydrogens is 227 g/mol. The molecule has 46 valence electrons. The lowest BCUT2D eigenvalue weighted by Gasteiger charge is -1.89. The lowest BCUT2D eigenvalue weighted by Crippen LogP contribution is -2.02. The van der Waals surface area contributed by atoms with Crippen LogP contribution < -0.4 is 0 Å². The van der Waals surface area contributed by atoms with Crippen LogP contribution in [0.5, 0.6) is 0 Å². The smallest absolute Gasteiger partial charge is 0.204 e. The second-order valence-corrected chi connectivity index (χ2v) is 0.669. The monoisotopic (exact) mass is 230 g/mol. The molecule has 5 heteroatoms. The third-order valence-corrected chi connectivity index (χ3v) is 0.190. The van der Waals surface area contributed by atoms with Crippen LogP contribution >= 0.6 is 24.0 Å². The Morgan fingerprint density at radius 3 is 0.857 bits per heavy atom. The van der Waals surface area contributed by atoms with Crippen molar-refractivity contribution in [1.82, 2.24) is 0 Å². The molecule has 0 radical (unpaired) electrons. The van der Waals surface area contributed by atoms with Crippen LogP contribution in [0.1, 0.15) is 0 Å². The molecule has 0 N–H and O–H groups in total. The minimum absolute atomic E-state index is 0. The highest BCUT2D eigenvalue weighted by molar-refractivity contribution is 14.0. The van der Waals surface area contributed by atoms with Crippen molar-refractivity contribution in [2.45, 2.75) is 12.9 Å². The highest BCUT2D eigenvalue weighted by atomic mass is 127. The van der Waals surface area contributed by atoms with Crippen LogP contribution in [0.15, 0.2) is 0 Å². The third-order valence-electron chi connectivity index (χ3n) is 0.190. The van der Waals surface area contributed by atoms with Gasteiger partial charge in [-0.05, 0) is 0 Å². The van der Waals surface area contributed by atoms with Crippen LogP contribution in [0, 0.1) is 0 Å². The molecule has 0 aromatic carbocycles. The lowest BCUT2D eigenvalue weighted by molar-refractivity contribution is -0.0278. The maximum Gasteiger partial charge on any atom is 0.298 e. The van der Waals surface area contributed by atoms with Gasteiger partial charge in [-0.3, -0.25) is 0 Å². The van der Waals surface area contributed by atoms with Crippen molar-refractivity contribution in [1.29, 1.82) is 0 Å². The van der Waals surface area contributed by atoms with E-state index >= 15 is 0 Å². The highest BCUT2D eigenvalue weighted by Crippen LogP contribution is 2.04. The van der Waals surface area contributed by atoms with Crippen LogP contribution in [0.25, 0.3) is 0 Å². The van der Waals surface area contributed by atoms with E-state index in [9.17, 15) is 17.6 Å². The molecule has 0 fully saturated rings. The van der Waals surface area contributed by atoms with E-state index in [1.165, 1.54) is 0 Å². The molecule has 0 aromatic rings. The normalized spacial score (nSPS) is 9.43. The number of alkyl halides is 4. The molecule has 0 atom stereocenters. The van der Waals surface area contributed by atoms with E-state index in [4.69, 9.17) is 0 Å². The lowest BCUT2D eigenvalue weighted by atomic mass is 10.8. The molecule has 0 aliphatic rings. The molecule has 0 bridgehead atoms. The molecule has 0 heterocycles. The van der Waals surface area contributed by atoms with Crippen molar-refractivity contribution in [3.63, 3.8) is 0 Å². The summed E-state index contributed by atoms with van der Waals surface area (Å²) in [6, 6.07) is 0. The Labute approximate surface area is 54.9 Å². The van der Waals surface area contributed by atoms with E-state index in [-0.39, 0.29) is 24.0 Å². The summed E-state index contributed by atoms with van der Waals surface area (Å²) in [6.45, 7) is 0. The SMILES string of the molecule is FC(F)C(F)F.I. The Morgan fingerprint density at radius 1 is 0.714 bits per heavy atom. The quantitative estimate of drug-likeness (QED) is 0.478. The zero-order chi connectivity index (χ0) is 5.15. The third kappa shape index (κ3) is 6.45. The second-order valence-electron chi connectivity index (χ2n) is 0.669. The Bertz CT molecular complexity index is 30.7. The Hall–Kier alpha value is 0.450. The van der Waals surface area contributed by atoms with Crippen molar-refractivity contribution < 1.29 is 17.6 Å². The summed E-state index contributed by atoms with van der Waals surface area (Å²) < 4.78 is 41.6. The molecule has 0 unspecified atom stereocenters. The first-order chi connectivity index (χ1) is 2.64. The second kappa shape index (κ2) is 4.61. The average molecular weight is 230 g/mol. The molecule has 0 rings (SSSR count). The summed E-state index contributed by atoms with van der Waals surface area (Å²) in [7, 11) is 0. The standard InChI is InChI=1S/C2H2F4.HI/c3-1(4)2(5)6;/h1-2H;1H. The van der Waals surface area contributed by atoms with Gasteiger partial charge in [0.2, 0.25) is 0 Å². The van der Waals surface area contributed by atoms with Gasteiger partial charge >= 0.3 is 0 Å². The van der Waals surface area contributed by atoms with E-state index in [0.717, 1.165) is 0 Å². The van der Waals surface area contributed by atoms with Gasteiger partial charge in [0, 0.05) is 0 Å². The van der Waals surface area contributed by atoms with Gasteiger partial charge in [-0.25, -0.2) is 17.6 Å².